The summed E-state index contributed by atoms with van der Waals surface area (Å²) in [5.41, 5.74) is -0.799. The van der Waals surface area contributed by atoms with Gasteiger partial charge in [-0.15, -0.1) is 0 Å². The summed E-state index contributed by atoms with van der Waals surface area (Å²) in [6.07, 6.45) is 1.09. The minimum Gasteiger partial charge on any atom is -0.351 e. The number of nitrogens with zero attached hydrogens (tertiary/aromatic N) is 2. The smallest absolute Gasteiger partial charge is 0.351 e. The number of aromatic nitrogens is 1. The maximum Gasteiger partial charge on any atom is 0.416 e. The lowest BCUT2D eigenvalue weighted by atomic mass is 10.0. The van der Waals surface area contributed by atoms with Gasteiger partial charge in [-0.05, 0) is 67.4 Å². The van der Waals surface area contributed by atoms with Crippen LogP contribution in [0.4, 0.5) is 18.9 Å². The van der Waals surface area contributed by atoms with Crippen LogP contribution in [0.15, 0.2) is 78.0 Å². The minimum atomic E-state index is -4.58. The minimum absolute atomic E-state index is 0.150. The molecule has 1 N–H and O–H groups in total. The summed E-state index contributed by atoms with van der Waals surface area (Å²) in [7, 11) is -4.12. The highest BCUT2D eigenvalue weighted by Crippen LogP contribution is 2.31. The van der Waals surface area contributed by atoms with Crippen molar-refractivity contribution in [1.29, 1.82) is 0 Å². The number of piperidine rings is 1. The molecule has 1 saturated heterocycles. The highest BCUT2D eigenvalue weighted by molar-refractivity contribution is 7.92. The average molecular weight is 478 g/mol. The predicted octanol–water partition coefficient (Wildman–Crippen LogP) is 4.79. The van der Waals surface area contributed by atoms with Crippen molar-refractivity contribution in [2.24, 2.45) is 0 Å². The van der Waals surface area contributed by atoms with Crippen LogP contribution in [0.1, 0.15) is 34.8 Å². The lowest BCUT2D eigenvalue weighted by Crippen LogP contribution is -2.38. The second-order valence-electron chi connectivity index (χ2n) is 7.86. The normalized spacial score (nSPS) is 15.4. The van der Waals surface area contributed by atoms with Gasteiger partial charge < -0.3 is 9.47 Å². The summed E-state index contributed by atoms with van der Waals surface area (Å²) in [5, 5.41) is 0. The number of alkyl halides is 3. The number of amides is 1. The molecular weight excluding hydrogens is 455 g/mol. The van der Waals surface area contributed by atoms with Crippen molar-refractivity contribution in [3.05, 3.63) is 84.2 Å². The van der Waals surface area contributed by atoms with E-state index in [1.807, 2.05) is 24.5 Å². The molecule has 33 heavy (non-hydrogen) atoms. The van der Waals surface area contributed by atoms with Crippen molar-refractivity contribution >= 4 is 21.6 Å². The number of carbonyl (C=O) groups is 1. The van der Waals surface area contributed by atoms with Gasteiger partial charge in [-0.2, -0.15) is 13.2 Å². The van der Waals surface area contributed by atoms with Crippen LogP contribution in [0.5, 0.6) is 0 Å². The Bertz CT molecular complexity index is 1220. The molecule has 1 aromatic heterocycles. The molecule has 1 aliphatic heterocycles. The molecule has 10 heteroatoms. The second kappa shape index (κ2) is 8.93. The molecule has 6 nitrogen and oxygen atoms in total. The van der Waals surface area contributed by atoms with Crippen LogP contribution >= 0.6 is 0 Å². The number of hydrogen-bond acceptors (Lipinski definition) is 3. The monoisotopic (exact) mass is 477 g/mol. The highest BCUT2D eigenvalue weighted by Gasteiger charge is 2.31. The zero-order valence-corrected chi connectivity index (χ0v) is 18.3. The number of rotatable bonds is 5. The molecule has 2 heterocycles. The van der Waals surface area contributed by atoms with E-state index in [1.54, 1.807) is 4.90 Å². The van der Waals surface area contributed by atoms with E-state index < -0.39 is 21.8 Å². The van der Waals surface area contributed by atoms with E-state index in [1.165, 1.54) is 30.3 Å². The van der Waals surface area contributed by atoms with Gasteiger partial charge in [0.2, 0.25) is 0 Å². The van der Waals surface area contributed by atoms with Crippen LogP contribution < -0.4 is 4.72 Å². The van der Waals surface area contributed by atoms with Crippen molar-refractivity contribution < 1.29 is 26.4 Å². The van der Waals surface area contributed by atoms with Gasteiger partial charge in [-0.25, -0.2) is 8.42 Å². The Kier molecular flexibility index (Phi) is 6.20. The molecule has 0 unspecified atom stereocenters. The molecule has 1 amide bonds. The number of nitrogens with one attached hydrogen (secondary N) is 1. The number of likely N-dealkylation sites (tertiary alicyclic amines) is 1. The maximum absolute atomic E-state index is 12.9. The molecule has 4 rings (SSSR count). The summed E-state index contributed by atoms with van der Waals surface area (Å²) in [5.74, 6) is -0.184. The van der Waals surface area contributed by atoms with Crippen LogP contribution in [-0.2, 0) is 16.2 Å². The van der Waals surface area contributed by atoms with Crippen molar-refractivity contribution in [3.8, 4) is 0 Å². The standard InChI is InChI=1S/C23H22F3N3O3S/c24-23(25,26)18-4-3-5-19(16-18)27-33(31,32)21-8-6-17(7-9-21)22(30)29-14-10-20(11-15-29)28-12-1-2-13-28/h1-9,12-13,16,20,27H,10-11,14-15H2. The number of halogens is 3. The number of benzene rings is 2. The molecule has 1 fully saturated rings. The molecule has 1 aliphatic rings. The van der Waals surface area contributed by atoms with Crippen LogP contribution in [0, 0.1) is 0 Å². The molecule has 2 aromatic carbocycles. The Morgan fingerprint density at radius 2 is 1.58 bits per heavy atom. The van der Waals surface area contributed by atoms with Gasteiger partial charge in [-0.3, -0.25) is 9.52 Å². The van der Waals surface area contributed by atoms with E-state index in [0.29, 0.717) is 24.7 Å². The lowest BCUT2D eigenvalue weighted by molar-refractivity contribution is -0.137. The van der Waals surface area contributed by atoms with Crippen molar-refractivity contribution in [3.63, 3.8) is 0 Å². The summed E-state index contributed by atoms with van der Waals surface area (Å²) >= 11 is 0. The fraction of sp³-hybridized carbons (Fsp3) is 0.261. The van der Waals surface area contributed by atoms with Crippen molar-refractivity contribution in [2.75, 3.05) is 17.8 Å². The van der Waals surface area contributed by atoms with Gasteiger partial charge in [0.1, 0.15) is 0 Å². The fourth-order valence-electron chi connectivity index (χ4n) is 3.89. The van der Waals surface area contributed by atoms with E-state index in [2.05, 4.69) is 9.29 Å². The van der Waals surface area contributed by atoms with Crippen LogP contribution in [0.25, 0.3) is 0 Å². The molecule has 0 atom stereocenters. The molecule has 0 saturated carbocycles. The van der Waals surface area contributed by atoms with Crippen molar-refractivity contribution in [1.82, 2.24) is 9.47 Å². The van der Waals surface area contributed by atoms with Gasteiger partial charge in [-0.1, -0.05) is 6.07 Å². The number of anilines is 1. The molecule has 0 spiro atoms. The molecule has 0 bridgehead atoms. The Balaban J connectivity index is 1.42. The van der Waals surface area contributed by atoms with Gasteiger partial charge in [0, 0.05) is 42.8 Å². The number of hydrogen-bond donors (Lipinski definition) is 1. The topological polar surface area (TPSA) is 71.4 Å². The van der Waals surface area contributed by atoms with Crippen LogP contribution in [0.3, 0.4) is 0 Å². The van der Waals surface area contributed by atoms with Gasteiger partial charge in [0.25, 0.3) is 15.9 Å². The molecule has 174 valence electrons. The van der Waals surface area contributed by atoms with E-state index in [0.717, 1.165) is 31.0 Å². The summed E-state index contributed by atoms with van der Waals surface area (Å²) < 4.78 is 68.1. The second-order valence-corrected chi connectivity index (χ2v) is 9.54. The van der Waals surface area contributed by atoms with Crippen LogP contribution in [-0.4, -0.2) is 36.9 Å². The average Bonchev–Trinajstić information content (AvgIpc) is 3.33. The first-order valence-electron chi connectivity index (χ1n) is 10.4. The first-order valence-corrected chi connectivity index (χ1v) is 11.8. The van der Waals surface area contributed by atoms with E-state index in [9.17, 15) is 26.4 Å². The van der Waals surface area contributed by atoms with Crippen molar-refractivity contribution in [2.45, 2.75) is 30.0 Å². The van der Waals surface area contributed by atoms with Gasteiger partial charge in [0.15, 0.2) is 0 Å². The van der Waals surface area contributed by atoms with Gasteiger partial charge >= 0.3 is 6.18 Å². The first-order chi connectivity index (χ1) is 15.6. The lowest BCUT2D eigenvalue weighted by Gasteiger charge is -2.32. The summed E-state index contributed by atoms with van der Waals surface area (Å²) in [6, 6.07) is 13.6. The third kappa shape index (κ3) is 5.22. The summed E-state index contributed by atoms with van der Waals surface area (Å²) in [6.45, 7) is 1.19. The Labute approximate surface area is 189 Å². The molecular formula is C23H22F3N3O3S. The zero-order valence-electron chi connectivity index (χ0n) is 17.5. The SMILES string of the molecule is O=C(c1ccc(S(=O)(=O)Nc2cccc(C(F)(F)F)c2)cc1)N1CCC(n2cccc2)CC1. The Hall–Kier alpha value is -3.27. The number of carbonyl (C=O) groups excluding carboxylic acids is 1. The van der Waals surface area contributed by atoms with E-state index in [4.69, 9.17) is 0 Å². The predicted molar refractivity (Wildman–Crippen MR) is 117 cm³/mol. The number of sulfonamides is 1. The highest BCUT2D eigenvalue weighted by atomic mass is 32.2. The van der Waals surface area contributed by atoms with Crippen LogP contribution in [0.2, 0.25) is 0 Å². The fourth-order valence-corrected chi connectivity index (χ4v) is 4.94. The maximum atomic E-state index is 12.9. The quantitative estimate of drug-likeness (QED) is 0.575. The van der Waals surface area contributed by atoms with E-state index in [-0.39, 0.29) is 16.5 Å². The molecule has 0 radical (unpaired) electrons. The van der Waals surface area contributed by atoms with E-state index >= 15 is 0 Å². The van der Waals surface area contributed by atoms with Gasteiger partial charge in [0.05, 0.1) is 10.5 Å². The third-order valence-electron chi connectivity index (χ3n) is 5.65. The zero-order chi connectivity index (χ0) is 23.6. The third-order valence-corrected chi connectivity index (χ3v) is 7.05. The molecule has 3 aromatic rings. The Morgan fingerprint density at radius 3 is 2.18 bits per heavy atom. The molecule has 0 aliphatic carbocycles. The summed E-state index contributed by atoms with van der Waals surface area (Å²) in [4.78, 5) is 14.4. The Morgan fingerprint density at radius 1 is 0.939 bits per heavy atom. The largest absolute Gasteiger partial charge is 0.416 e. The first kappa shape index (κ1) is 22.9.